The predicted molar refractivity (Wildman–Crippen MR) is 63.4 cm³/mol. The van der Waals surface area contributed by atoms with Crippen LogP contribution >= 0.6 is 0 Å². The van der Waals surface area contributed by atoms with Crippen LogP contribution in [0.5, 0.6) is 0 Å². The number of hydrogen-bond acceptors (Lipinski definition) is 1. The van der Waals surface area contributed by atoms with Crippen molar-refractivity contribution >= 4 is 0 Å². The smallest absolute Gasteiger partial charge is 0.00178 e. The Hall–Kier alpha value is -0.0400. The summed E-state index contributed by atoms with van der Waals surface area (Å²) in [5, 5.41) is 3.59. The average molecular weight is 197 g/mol. The van der Waals surface area contributed by atoms with Crippen LogP contribution in [0.3, 0.4) is 0 Å². The first-order chi connectivity index (χ1) is 6.75. The van der Waals surface area contributed by atoms with Gasteiger partial charge in [0.25, 0.3) is 0 Å². The first-order valence-corrected chi connectivity index (χ1v) is 6.46. The molecule has 2 atom stereocenters. The Balaban J connectivity index is 2.30. The third kappa shape index (κ3) is 3.61. The Morgan fingerprint density at radius 1 is 1.21 bits per heavy atom. The topological polar surface area (TPSA) is 12.0 Å². The molecule has 0 heterocycles. The maximum atomic E-state index is 3.59. The van der Waals surface area contributed by atoms with E-state index in [2.05, 4.69) is 26.1 Å². The molecule has 0 aliphatic heterocycles. The van der Waals surface area contributed by atoms with E-state index in [0.717, 1.165) is 17.8 Å². The van der Waals surface area contributed by atoms with Gasteiger partial charge in [-0.15, -0.1) is 0 Å². The van der Waals surface area contributed by atoms with Crippen LogP contribution in [0.25, 0.3) is 0 Å². The second kappa shape index (κ2) is 6.44. The van der Waals surface area contributed by atoms with Crippen LogP contribution < -0.4 is 5.32 Å². The van der Waals surface area contributed by atoms with Gasteiger partial charge < -0.3 is 5.32 Å². The molecule has 0 aromatic heterocycles. The highest BCUT2D eigenvalue weighted by molar-refractivity contribution is 4.78. The Bertz CT molecular complexity index is 142. The van der Waals surface area contributed by atoms with Crippen molar-refractivity contribution in [1.82, 2.24) is 5.32 Å². The second-order valence-corrected chi connectivity index (χ2v) is 5.16. The van der Waals surface area contributed by atoms with E-state index in [9.17, 15) is 0 Å². The first-order valence-electron chi connectivity index (χ1n) is 6.46. The molecule has 0 bridgehead atoms. The lowest BCUT2D eigenvalue weighted by Gasteiger charge is -2.34. The van der Waals surface area contributed by atoms with Gasteiger partial charge in [0.1, 0.15) is 0 Å². The van der Waals surface area contributed by atoms with E-state index in [0.29, 0.717) is 0 Å². The predicted octanol–water partition coefficient (Wildman–Crippen LogP) is 3.45. The monoisotopic (exact) mass is 197 g/mol. The lowest BCUT2D eigenvalue weighted by Crippen LogP contribution is -2.33. The largest absolute Gasteiger partial charge is 0.316 e. The molecule has 0 radical (unpaired) electrons. The third-order valence-electron chi connectivity index (χ3n) is 3.66. The summed E-state index contributed by atoms with van der Waals surface area (Å²) in [5.74, 6) is 2.81. The lowest BCUT2D eigenvalue weighted by molar-refractivity contribution is 0.176. The Labute approximate surface area is 89.7 Å². The number of hydrogen-bond donors (Lipinski definition) is 1. The Morgan fingerprint density at radius 2 is 1.93 bits per heavy atom. The molecule has 1 nitrogen and oxygen atoms in total. The average Bonchev–Trinajstić information content (AvgIpc) is 2.19. The zero-order chi connectivity index (χ0) is 10.4. The molecule has 1 heteroatoms. The summed E-state index contributed by atoms with van der Waals surface area (Å²) in [7, 11) is 0. The molecule has 84 valence electrons. The highest BCUT2D eigenvalue weighted by Crippen LogP contribution is 2.34. The summed E-state index contributed by atoms with van der Waals surface area (Å²) < 4.78 is 0. The van der Waals surface area contributed by atoms with Crippen molar-refractivity contribution < 1.29 is 0 Å². The van der Waals surface area contributed by atoms with Crippen molar-refractivity contribution in [2.45, 2.75) is 52.9 Å². The molecule has 14 heavy (non-hydrogen) atoms. The molecular formula is C13H27N. The SMILES string of the molecule is CCCNCC1CCCCC1C(C)C. The molecule has 0 aromatic rings. The molecule has 1 aliphatic carbocycles. The van der Waals surface area contributed by atoms with Gasteiger partial charge in [-0.25, -0.2) is 0 Å². The summed E-state index contributed by atoms with van der Waals surface area (Å²) in [6.07, 6.45) is 7.11. The Morgan fingerprint density at radius 3 is 2.57 bits per heavy atom. The van der Waals surface area contributed by atoms with Crippen LogP contribution in [0, 0.1) is 17.8 Å². The quantitative estimate of drug-likeness (QED) is 0.666. The summed E-state index contributed by atoms with van der Waals surface area (Å²) in [5.41, 5.74) is 0. The summed E-state index contributed by atoms with van der Waals surface area (Å²) >= 11 is 0. The van der Waals surface area contributed by atoms with Crippen molar-refractivity contribution in [3.63, 3.8) is 0 Å². The van der Waals surface area contributed by atoms with E-state index in [-0.39, 0.29) is 0 Å². The highest BCUT2D eigenvalue weighted by Gasteiger charge is 2.26. The molecular weight excluding hydrogens is 170 g/mol. The maximum Gasteiger partial charge on any atom is -0.00178 e. The Kier molecular flexibility index (Phi) is 5.54. The molecule has 1 aliphatic rings. The number of rotatable bonds is 5. The second-order valence-electron chi connectivity index (χ2n) is 5.16. The maximum absolute atomic E-state index is 3.59. The van der Waals surface area contributed by atoms with Gasteiger partial charge in [0, 0.05) is 0 Å². The van der Waals surface area contributed by atoms with Crippen LogP contribution in [0.15, 0.2) is 0 Å². The van der Waals surface area contributed by atoms with Crippen LogP contribution in [0.1, 0.15) is 52.9 Å². The summed E-state index contributed by atoms with van der Waals surface area (Å²) in [6, 6.07) is 0. The van der Waals surface area contributed by atoms with E-state index in [4.69, 9.17) is 0 Å². The van der Waals surface area contributed by atoms with Gasteiger partial charge in [0.05, 0.1) is 0 Å². The van der Waals surface area contributed by atoms with E-state index >= 15 is 0 Å². The van der Waals surface area contributed by atoms with Gasteiger partial charge in [0.2, 0.25) is 0 Å². The minimum absolute atomic E-state index is 0.878. The molecule has 1 saturated carbocycles. The molecule has 1 N–H and O–H groups in total. The minimum atomic E-state index is 0.878. The van der Waals surface area contributed by atoms with Gasteiger partial charge in [-0.05, 0) is 50.1 Å². The molecule has 1 fully saturated rings. The van der Waals surface area contributed by atoms with E-state index in [1.807, 2.05) is 0 Å². The van der Waals surface area contributed by atoms with Crippen LogP contribution in [-0.4, -0.2) is 13.1 Å². The van der Waals surface area contributed by atoms with Crippen LogP contribution in [0.4, 0.5) is 0 Å². The lowest BCUT2D eigenvalue weighted by atomic mass is 9.73. The van der Waals surface area contributed by atoms with Crippen molar-refractivity contribution in [2.75, 3.05) is 13.1 Å². The standard InChI is InChI=1S/C13H27N/c1-4-9-14-10-12-7-5-6-8-13(12)11(2)3/h11-14H,4-10H2,1-3H3. The van der Waals surface area contributed by atoms with Crippen molar-refractivity contribution in [1.29, 1.82) is 0 Å². The fourth-order valence-electron chi connectivity index (χ4n) is 2.83. The van der Waals surface area contributed by atoms with Crippen molar-refractivity contribution in [3.8, 4) is 0 Å². The molecule has 0 saturated heterocycles. The van der Waals surface area contributed by atoms with E-state index < -0.39 is 0 Å². The van der Waals surface area contributed by atoms with Gasteiger partial charge in [0.15, 0.2) is 0 Å². The fraction of sp³-hybridized carbons (Fsp3) is 1.00. The van der Waals surface area contributed by atoms with Gasteiger partial charge in [-0.3, -0.25) is 0 Å². The van der Waals surface area contributed by atoms with Crippen molar-refractivity contribution in [2.24, 2.45) is 17.8 Å². The number of nitrogens with one attached hydrogen (secondary N) is 1. The molecule has 0 aromatic carbocycles. The van der Waals surface area contributed by atoms with Crippen LogP contribution in [0.2, 0.25) is 0 Å². The fourth-order valence-corrected chi connectivity index (χ4v) is 2.83. The van der Waals surface area contributed by atoms with E-state index in [1.165, 1.54) is 45.2 Å². The zero-order valence-corrected chi connectivity index (χ0v) is 10.2. The molecule has 2 unspecified atom stereocenters. The van der Waals surface area contributed by atoms with Gasteiger partial charge >= 0.3 is 0 Å². The van der Waals surface area contributed by atoms with Crippen LogP contribution in [-0.2, 0) is 0 Å². The van der Waals surface area contributed by atoms with Gasteiger partial charge in [-0.1, -0.05) is 33.6 Å². The third-order valence-corrected chi connectivity index (χ3v) is 3.66. The zero-order valence-electron chi connectivity index (χ0n) is 10.2. The summed E-state index contributed by atoms with van der Waals surface area (Å²) in [6.45, 7) is 9.48. The first kappa shape index (κ1) is 12.0. The normalized spacial score (nSPS) is 28.3. The molecule has 0 amide bonds. The minimum Gasteiger partial charge on any atom is -0.316 e. The summed E-state index contributed by atoms with van der Waals surface area (Å²) in [4.78, 5) is 0. The van der Waals surface area contributed by atoms with E-state index in [1.54, 1.807) is 0 Å². The van der Waals surface area contributed by atoms with Crippen molar-refractivity contribution in [3.05, 3.63) is 0 Å². The van der Waals surface area contributed by atoms with Gasteiger partial charge in [-0.2, -0.15) is 0 Å². The highest BCUT2D eigenvalue weighted by atomic mass is 14.9. The molecule has 0 spiro atoms. The molecule has 1 rings (SSSR count).